The lowest BCUT2D eigenvalue weighted by Crippen LogP contribution is -1.96. The van der Waals surface area contributed by atoms with Gasteiger partial charge in [-0.2, -0.15) is 0 Å². The molecule has 20 heavy (non-hydrogen) atoms. The van der Waals surface area contributed by atoms with Gasteiger partial charge in [-0.05, 0) is 61.0 Å². The fourth-order valence-corrected chi connectivity index (χ4v) is 18.8. The molecule has 2 aromatic carbocycles. The molecule has 0 aliphatic carbocycles. The van der Waals surface area contributed by atoms with E-state index in [9.17, 15) is 0 Å². The molecule has 2 aliphatic rings. The highest BCUT2D eigenvalue weighted by Gasteiger charge is 2.12. The van der Waals surface area contributed by atoms with Crippen molar-refractivity contribution in [3.8, 4) is 0 Å². The van der Waals surface area contributed by atoms with E-state index in [0.717, 1.165) is 10.7 Å². The van der Waals surface area contributed by atoms with Crippen LogP contribution in [-0.2, 0) is 0 Å². The molecular formula is C12H8N2S6. The van der Waals surface area contributed by atoms with Crippen molar-refractivity contribution in [2.45, 2.75) is 0 Å². The van der Waals surface area contributed by atoms with Gasteiger partial charge in [0.25, 0.3) is 0 Å². The topological polar surface area (TPSA) is 24.7 Å². The van der Waals surface area contributed by atoms with Crippen molar-refractivity contribution in [1.29, 1.82) is 0 Å². The third-order valence-corrected chi connectivity index (χ3v) is 17.8. The van der Waals surface area contributed by atoms with Crippen molar-refractivity contribution in [2.75, 3.05) is 0 Å². The Morgan fingerprint density at radius 1 is 0.700 bits per heavy atom. The van der Waals surface area contributed by atoms with E-state index in [0.29, 0.717) is 0 Å². The van der Waals surface area contributed by atoms with E-state index in [4.69, 9.17) is 0 Å². The molecule has 2 heterocycles. The summed E-state index contributed by atoms with van der Waals surface area (Å²) in [5.41, 5.74) is 0. The zero-order valence-electron chi connectivity index (χ0n) is 9.96. The maximum absolute atomic E-state index is 4.54. The van der Waals surface area contributed by atoms with Gasteiger partial charge >= 0.3 is 0 Å². The Hall–Kier alpha value is 0.140. The number of rotatable bonds is 3. The number of fused-ring (bicyclic) bond motifs is 2. The first-order valence-corrected chi connectivity index (χ1v) is 13.9. The lowest BCUT2D eigenvalue weighted by molar-refractivity contribution is 1.46. The molecule has 0 radical (unpaired) electrons. The molecular weight excluding hydrogens is 365 g/mol. The lowest BCUT2D eigenvalue weighted by Gasteiger charge is -2.01. The minimum Gasteiger partial charge on any atom is -0.204 e. The fourth-order valence-electron chi connectivity index (χ4n) is 1.72. The summed E-state index contributed by atoms with van der Waals surface area (Å²) in [5.74, 6) is 0. The summed E-state index contributed by atoms with van der Waals surface area (Å²) >= 11 is 0. The van der Waals surface area contributed by atoms with Gasteiger partial charge < -0.3 is 0 Å². The first-order chi connectivity index (χ1) is 9.92. The molecule has 0 saturated carbocycles. The van der Waals surface area contributed by atoms with Crippen LogP contribution >= 0.6 is 58.7 Å². The van der Waals surface area contributed by atoms with Crippen LogP contribution in [0.1, 0.15) is 0 Å². The highest BCUT2D eigenvalue weighted by atomic mass is 33.9. The summed E-state index contributed by atoms with van der Waals surface area (Å²) in [6, 6.07) is 16.9. The van der Waals surface area contributed by atoms with Crippen LogP contribution < -0.4 is 10.7 Å². The van der Waals surface area contributed by atoms with Crippen molar-refractivity contribution >= 4 is 58.7 Å². The number of hydrogen-bond acceptors (Lipinski definition) is 6. The molecule has 0 saturated heterocycles. The van der Waals surface area contributed by atoms with Crippen molar-refractivity contribution in [1.82, 2.24) is 0 Å². The van der Waals surface area contributed by atoms with E-state index in [1.54, 1.807) is 22.0 Å². The van der Waals surface area contributed by atoms with Gasteiger partial charge in [-0.15, -0.1) is 0 Å². The summed E-state index contributed by atoms with van der Waals surface area (Å²) in [5, 5.41) is 2.28. The second-order valence-corrected chi connectivity index (χ2v) is 16.1. The van der Waals surface area contributed by atoms with Gasteiger partial charge in [-0.1, -0.05) is 24.3 Å². The molecule has 2 nitrogen and oxygen atoms in total. The summed E-state index contributed by atoms with van der Waals surface area (Å²) in [7, 11) is 7.47. The number of nitrogens with zero attached hydrogens (tertiary/aromatic N) is 2. The molecule has 2 aliphatic heterocycles. The Kier molecular flexibility index (Phi) is 4.20. The molecule has 2 atom stereocenters. The Labute approximate surface area is 135 Å². The molecule has 0 amide bonds. The minimum absolute atomic E-state index is 0.107. The van der Waals surface area contributed by atoms with E-state index in [2.05, 4.69) is 57.3 Å². The second-order valence-electron chi connectivity index (χ2n) is 3.87. The van der Waals surface area contributed by atoms with Gasteiger partial charge in [0.2, 0.25) is 0 Å². The predicted molar refractivity (Wildman–Crippen MR) is 98.4 cm³/mol. The zero-order chi connectivity index (χ0) is 13.4. The summed E-state index contributed by atoms with van der Waals surface area (Å²) in [6.07, 6.45) is 0. The maximum Gasteiger partial charge on any atom is 0.0868 e. The first-order valence-electron chi connectivity index (χ1n) is 5.71. The zero-order valence-corrected chi connectivity index (χ0v) is 14.9. The summed E-state index contributed by atoms with van der Waals surface area (Å²) < 4.78 is 11.8. The van der Waals surface area contributed by atoms with Gasteiger partial charge in [0, 0.05) is 31.0 Å². The Balaban J connectivity index is 1.66. The van der Waals surface area contributed by atoms with Crippen LogP contribution in [-0.4, -0.2) is 0 Å². The molecule has 0 spiro atoms. The SMILES string of the molecule is c1ccc2c(c1)=NSS=2SSS1=c2ccccc2=NS1. The number of hydrogen-bond donors (Lipinski definition) is 0. The third-order valence-electron chi connectivity index (χ3n) is 2.65. The molecule has 2 aromatic rings. The standard InChI is InChI=1S/C12H8N2S6/c1-3-7-11-9(5-1)13-15-19(11)17-18-20-12-8-4-2-6-10(12)14-16-20/h1-8H. The van der Waals surface area contributed by atoms with Crippen LogP contribution in [0.25, 0.3) is 0 Å². The molecule has 8 heteroatoms. The molecule has 4 rings (SSSR count). The van der Waals surface area contributed by atoms with E-state index in [1.165, 1.54) is 9.02 Å². The van der Waals surface area contributed by atoms with Crippen LogP contribution in [0.3, 0.4) is 0 Å². The van der Waals surface area contributed by atoms with Crippen LogP contribution in [0.15, 0.2) is 57.3 Å². The van der Waals surface area contributed by atoms with Crippen molar-refractivity contribution in [3.05, 3.63) is 68.3 Å². The quantitative estimate of drug-likeness (QED) is 0.428. The smallest absolute Gasteiger partial charge is 0.0868 e. The highest BCUT2D eigenvalue weighted by Crippen LogP contribution is 2.63. The Bertz CT molecular complexity index is 846. The Morgan fingerprint density at radius 2 is 1.15 bits per heavy atom. The first kappa shape index (κ1) is 13.8. The molecule has 102 valence electrons. The normalized spacial score (nSPS) is 22.8. The molecule has 0 aromatic heterocycles. The van der Waals surface area contributed by atoms with Crippen LogP contribution in [0, 0.1) is 9.02 Å². The average Bonchev–Trinajstić information content (AvgIpc) is 3.09. The van der Waals surface area contributed by atoms with E-state index in [1.807, 2.05) is 19.7 Å². The summed E-state index contributed by atoms with van der Waals surface area (Å²) in [6.45, 7) is 0. The van der Waals surface area contributed by atoms with Crippen LogP contribution in [0.5, 0.6) is 0 Å². The predicted octanol–water partition coefficient (Wildman–Crippen LogP) is 5.03. The van der Waals surface area contributed by atoms with Crippen LogP contribution in [0.2, 0.25) is 0 Å². The molecule has 0 bridgehead atoms. The fraction of sp³-hybridized carbons (Fsp3) is 0. The largest absolute Gasteiger partial charge is 0.204 e. The average molecular weight is 373 g/mol. The van der Waals surface area contributed by atoms with Crippen LogP contribution in [0.4, 0.5) is 0 Å². The van der Waals surface area contributed by atoms with E-state index >= 15 is 0 Å². The summed E-state index contributed by atoms with van der Waals surface area (Å²) in [4.78, 5) is 0. The third kappa shape index (κ3) is 2.62. The Morgan fingerprint density at radius 3 is 1.65 bits per heavy atom. The molecule has 0 fully saturated rings. The van der Waals surface area contributed by atoms with Gasteiger partial charge in [-0.25, -0.2) is 8.80 Å². The lowest BCUT2D eigenvalue weighted by atomic mass is 10.4. The monoisotopic (exact) mass is 372 g/mol. The van der Waals surface area contributed by atoms with Gasteiger partial charge in [0.15, 0.2) is 0 Å². The molecule has 2 unspecified atom stereocenters. The van der Waals surface area contributed by atoms with Gasteiger partial charge in [-0.3, -0.25) is 0 Å². The maximum atomic E-state index is 4.54. The van der Waals surface area contributed by atoms with Gasteiger partial charge in [0.05, 0.1) is 10.7 Å². The minimum atomic E-state index is 0.107. The highest BCUT2D eigenvalue weighted by molar-refractivity contribution is 9.44. The number of benzene rings is 2. The second kappa shape index (κ2) is 6.10. The van der Waals surface area contributed by atoms with Crippen molar-refractivity contribution in [2.24, 2.45) is 8.80 Å². The van der Waals surface area contributed by atoms with Crippen molar-refractivity contribution < 1.29 is 0 Å². The van der Waals surface area contributed by atoms with Gasteiger partial charge in [0.1, 0.15) is 0 Å². The van der Waals surface area contributed by atoms with Crippen molar-refractivity contribution in [3.63, 3.8) is 0 Å². The van der Waals surface area contributed by atoms with E-state index < -0.39 is 0 Å². The molecule has 0 N–H and O–H groups in total. The van der Waals surface area contributed by atoms with E-state index in [-0.39, 0.29) is 17.1 Å².